The molecular formula is C18H17ClN4OS. The van der Waals surface area contributed by atoms with Gasteiger partial charge in [0.2, 0.25) is 11.0 Å². The number of nitrogens with one attached hydrogen (secondary N) is 2. The van der Waals surface area contributed by atoms with Gasteiger partial charge < -0.3 is 10.6 Å². The fraction of sp³-hybridized carbons (Fsp3) is 0.167. The molecule has 25 heavy (non-hydrogen) atoms. The third kappa shape index (κ3) is 5.01. The molecule has 0 aliphatic heterocycles. The Labute approximate surface area is 155 Å². The van der Waals surface area contributed by atoms with Gasteiger partial charge in [-0.2, -0.15) is 0 Å². The molecule has 7 heteroatoms. The zero-order chi connectivity index (χ0) is 17.6. The monoisotopic (exact) mass is 372 g/mol. The first-order valence-electron chi connectivity index (χ1n) is 7.79. The molecule has 0 aliphatic carbocycles. The summed E-state index contributed by atoms with van der Waals surface area (Å²) in [6.07, 6.45) is 0.682. The number of aromatic nitrogens is 2. The fourth-order valence-electron chi connectivity index (χ4n) is 2.18. The number of halogens is 1. The number of nitrogens with zero attached hydrogens (tertiary/aromatic N) is 2. The van der Waals surface area contributed by atoms with Gasteiger partial charge in [0.05, 0.1) is 0 Å². The molecule has 2 N–H and O–H groups in total. The van der Waals surface area contributed by atoms with Gasteiger partial charge in [0.1, 0.15) is 11.0 Å². The van der Waals surface area contributed by atoms with Crippen molar-refractivity contribution in [3.05, 3.63) is 70.2 Å². The molecule has 0 aliphatic rings. The maximum absolute atomic E-state index is 12.2. The van der Waals surface area contributed by atoms with Gasteiger partial charge in [-0.15, -0.1) is 10.2 Å². The molecule has 0 spiro atoms. The van der Waals surface area contributed by atoms with Gasteiger partial charge >= 0.3 is 0 Å². The Morgan fingerprint density at radius 3 is 2.56 bits per heavy atom. The van der Waals surface area contributed by atoms with Crippen LogP contribution in [0.15, 0.2) is 54.6 Å². The van der Waals surface area contributed by atoms with Crippen LogP contribution in [0.25, 0.3) is 0 Å². The SMILES string of the molecule is CC(Nc1nnc(Cc2ccc(Cl)cc2)s1)C(=O)Nc1ccccc1. The minimum absolute atomic E-state index is 0.124. The molecule has 1 unspecified atom stereocenters. The molecule has 128 valence electrons. The predicted octanol–water partition coefficient (Wildman–Crippen LogP) is 4.22. The van der Waals surface area contributed by atoms with E-state index in [1.807, 2.05) is 54.6 Å². The lowest BCUT2D eigenvalue weighted by atomic mass is 10.2. The second-order valence-corrected chi connectivity index (χ2v) is 7.02. The van der Waals surface area contributed by atoms with E-state index in [0.717, 1.165) is 16.3 Å². The second-order valence-electron chi connectivity index (χ2n) is 5.53. The summed E-state index contributed by atoms with van der Waals surface area (Å²) in [5.74, 6) is -0.124. The van der Waals surface area contributed by atoms with Crippen LogP contribution in [-0.4, -0.2) is 22.1 Å². The van der Waals surface area contributed by atoms with Gasteiger partial charge in [0.15, 0.2) is 0 Å². The van der Waals surface area contributed by atoms with Crippen molar-refractivity contribution in [2.45, 2.75) is 19.4 Å². The molecule has 0 fully saturated rings. The van der Waals surface area contributed by atoms with Crippen molar-refractivity contribution in [3.63, 3.8) is 0 Å². The quantitative estimate of drug-likeness (QED) is 0.679. The zero-order valence-corrected chi connectivity index (χ0v) is 15.1. The second kappa shape index (κ2) is 8.09. The molecule has 1 heterocycles. The van der Waals surface area contributed by atoms with E-state index in [4.69, 9.17) is 11.6 Å². The molecular weight excluding hydrogens is 356 g/mol. The highest BCUT2D eigenvalue weighted by molar-refractivity contribution is 7.15. The van der Waals surface area contributed by atoms with Crippen LogP contribution in [-0.2, 0) is 11.2 Å². The number of benzene rings is 2. The molecule has 0 radical (unpaired) electrons. The highest BCUT2D eigenvalue weighted by Crippen LogP contribution is 2.20. The normalized spacial score (nSPS) is 11.8. The van der Waals surface area contributed by atoms with Crippen molar-refractivity contribution < 1.29 is 4.79 Å². The van der Waals surface area contributed by atoms with Crippen LogP contribution in [0.5, 0.6) is 0 Å². The minimum atomic E-state index is -0.420. The standard InChI is InChI=1S/C18H17ClN4OS/c1-12(17(24)21-15-5-3-2-4-6-15)20-18-23-22-16(25-18)11-13-7-9-14(19)10-8-13/h2-10,12H,11H2,1H3,(H,20,23)(H,21,24). The molecule has 3 rings (SSSR count). The number of para-hydroxylation sites is 1. The molecule has 1 amide bonds. The Hall–Kier alpha value is -2.44. The van der Waals surface area contributed by atoms with Crippen LogP contribution in [0.2, 0.25) is 5.02 Å². The first-order chi connectivity index (χ1) is 12.1. The van der Waals surface area contributed by atoms with E-state index in [-0.39, 0.29) is 5.91 Å². The Balaban J connectivity index is 1.57. The number of hydrogen-bond donors (Lipinski definition) is 2. The summed E-state index contributed by atoms with van der Waals surface area (Å²) < 4.78 is 0. The molecule has 1 aromatic heterocycles. The van der Waals surface area contributed by atoms with Crippen LogP contribution >= 0.6 is 22.9 Å². The number of carbonyl (C=O) groups is 1. The van der Waals surface area contributed by atoms with E-state index < -0.39 is 6.04 Å². The summed E-state index contributed by atoms with van der Waals surface area (Å²) in [5, 5.41) is 16.4. The molecule has 0 saturated carbocycles. The highest BCUT2D eigenvalue weighted by atomic mass is 35.5. The summed E-state index contributed by atoms with van der Waals surface area (Å²) in [5.41, 5.74) is 1.88. The van der Waals surface area contributed by atoms with Crippen molar-refractivity contribution in [2.75, 3.05) is 10.6 Å². The van der Waals surface area contributed by atoms with Gasteiger partial charge in [-0.3, -0.25) is 4.79 Å². The number of hydrogen-bond acceptors (Lipinski definition) is 5. The predicted molar refractivity (Wildman–Crippen MR) is 102 cm³/mol. The molecule has 3 aromatic rings. The average molecular weight is 373 g/mol. The van der Waals surface area contributed by atoms with Gasteiger partial charge in [0, 0.05) is 17.1 Å². The van der Waals surface area contributed by atoms with Crippen molar-refractivity contribution >= 4 is 39.7 Å². The fourth-order valence-corrected chi connectivity index (χ4v) is 3.17. The first-order valence-corrected chi connectivity index (χ1v) is 8.99. The summed E-state index contributed by atoms with van der Waals surface area (Å²) in [6, 6.07) is 16.6. The van der Waals surface area contributed by atoms with E-state index in [1.165, 1.54) is 11.3 Å². The van der Waals surface area contributed by atoms with Crippen molar-refractivity contribution in [1.82, 2.24) is 10.2 Å². The number of anilines is 2. The van der Waals surface area contributed by atoms with Crippen LogP contribution in [0, 0.1) is 0 Å². The lowest BCUT2D eigenvalue weighted by molar-refractivity contribution is -0.116. The summed E-state index contributed by atoms with van der Waals surface area (Å²) in [7, 11) is 0. The Morgan fingerprint density at radius 2 is 1.84 bits per heavy atom. The first kappa shape index (κ1) is 17.4. The molecule has 0 saturated heterocycles. The van der Waals surface area contributed by atoms with E-state index in [0.29, 0.717) is 16.6 Å². The van der Waals surface area contributed by atoms with E-state index >= 15 is 0 Å². The third-order valence-electron chi connectivity index (χ3n) is 3.51. The third-order valence-corrected chi connectivity index (χ3v) is 4.62. The number of rotatable bonds is 6. The maximum atomic E-state index is 12.2. The van der Waals surface area contributed by atoms with Gasteiger partial charge in [0.25, 0.3) is 0 Å². The largest absolute Gasteiger partial charge is 0.349 e. The molecule has 2 aromatic carbocycles. The summed E-state index contributed by atoms with van der Waals surface area (Å²) >= 11 is 7.33. The Morgan fingerprint density at radius 1 is 1.12 bits per heavy atom. The topological polar surface area (TPSA) is 66.9 Å². The highest BCUT2D eigenvalue weighted by Gasteiger charge is 2.15. The van der Waals surface area contributed by atoms with Crippen LogP contribution in [0.3, 0.4) is 0 Å². The van der Waals surface area contributed by atoms with Crippen molar-refractivity contribution in [1.29, 1.82) is 0 Å². The maximum Gasteiger partial charge on any atom is 0.246 e. The Bertz CT molecular complexity index is 836. The van der Waals surface area contributed by atoms with Gasteiger partial charge in [-0.25, -0.2) is 0 Å². The molecule has 1 atom stereocenters. The van der Waals surface area contributed by atoms with Crippen molar-refractivity contribution in [2.24, 2.45) is 0 Å². The number of carbonyl (C=O) groups excluding carboxylic acids is 1. The van der Waals surface area contributed by atoms with E-state index in [9.17, 15) is 4.79 Å². The molecule has 0 bridgehead atoms. The lowest BCUT2D eigenvalue weighted by Gasteiger charge is -2.12. The van der Waals surface area contributed by atoms with Crippen LogP contribution in [0.1, 0.15) is 17.5 Å². The molecule has 5 nitrogen and oxygen atoms in total. The van der Waals surface area contributed by atoms with E-state index in [1.54, 1.807) is 6.92 Å². The van der Waals surface area contributed by atoms with Crippen LogP contribution in [0.4, 0.5) is 10.8 Å². The summed E-state index contributed by atoms with van der Waals surface area (Å²) in [6.45, 7) is 1.79. The van der Waals surface area contributed by atoms with E-state index in [2.05, 4.69) is 20.8 Å². The Kier molecular flexibility index (Phi) is 5.63. The number of amides is 1. The van der Waals surface area contributed by atoms with Gasteiger partial charge in [-0.1, -0.05) is 53.3 Å². The zero-order valence-electron chi connectivity index (χ0n) is 13.6. The van der Waals surface area contributed by atoms with Crippen LogP contribution < -0.4 is 10.6 Å². The lowest BCUT2D eigenvalue weighted by Crippen LogP contribution is -2.31. The minimum Gasteiger partial charge on any atom is -0.349 e. The smallest absolute Gasteiger partial charge is 0.246 e. The van der Waals surface area contributed by atoms with Gasteiger partial charge in [-0.05, 0) is 36.8 Å². The average Bonchev–Trinajstić information content (AvgIpc) is 3.04. The summed E-state index contributed by atoms with van der Waals surface area (Å²) in [4.78, 5) is 12.2. The van der Waals surface area contributed by atoms with Crippen molar-refractivity contribution in [3.8, 4) is 0 Å².